The molecule has 2 aliphatic rings. The van der Waals surface area contributed by atoms with E-state index in [2.05, 4.69) is 17.9 Å². The van der Waals surface area contributed by atoms with Gasteiger partial charge >= 0.3 is 0 Å². The molecule has 0 N–H and O–H groups in total. The summed E-state index contributed by atoms with van der Waals surface area (Å²) in [4.78, 5) is 29.5. The van der Waals surface area contributed by atoms with Crippen molar-refractivity contribution in [1.82, 2.24) is 14.4 Å². The molecule has 5 heteroatoms. The van der Waals surface area contributed by atoms with Crippen LogP contribution in [0.1, 0.15) is 32.6 Å². The summed E-state index contributed by atoms with van der Waals surface area (Å²) in [6, 6.07) is 10.2. The molecule has 1 aromatic carbocycles. The second-order valence-corrected chi connectivity index (χ2v) is 8.19. The Labute approximate surface area is 160 Å². The number of amides is 2. The Morgan fingerprint density at radius 2 is 1.78 bits per heavy atom. The Morgan fingerprint density at radius 3 is 2.56 bits per heavy atom. The van der Waals surface area contributed by atoms with Crippen LogP contribution < -0.4 is 0 Å². The number of likely N-dealkylation sites (tertiary alicyclic amines) is 2. The van der Waals surface area contributed by atoms with E-state index in [0.717, 1.165) is 43.3 Å². The summed E-state index contributed by atoms with van der Waals surface area (Å²) < 4.78 is 2.02. The number of benzene rings is 1. The first-order chi connectivity index (χ1) is 13.1. The van der Waals surface area contributed by atoms with Gasteiger partial charge < -0.3 is 14.4 Å². The Hall–Kier alpha value is -2.30. The zero-order chi connectivity index (χ0) is 18.8. The van der Waals surface area contributed by atoms with Gasteiger partial charge in [-0.3, -0.25) is 9.59 Å². The summed E-state index contributed by atoms with van der Waals surface area (Å²) in [6.07, 6.45) is 5.92. The predicted octanol–water partition coefficient (Wildman–Crippen LogP) is 3.14. The lowest BCUT2D eigenvalue weighted by Crippen LogP contribution is -2.47. The van der Waals surface area contributed by atoms with Gasteiger partial charge in [0, 0.05) is 43.8 Å². The number of para-hydroxylation sites is 1. The topological polar surface area (TPSA) is 45.6 Å². The van der Waals surface area contributed by atoms with E-state index < -0.39 is 0 Å². The number of nitrogens with zero attached hydrogens (tertiary/aromatic N) is 3. The molecule has 2 aliphatic heterocycles. The molecule has 4 rings (SSSR count). The first-order valence-electron chi connectivity index (χ1n) is 10.2. The molecule has 0 unspecified atom stereocenters. The van der Waals surface area contributed by atoms with Crippen LogP contribution in [0.2, 0.25) is 0 Å². The van der Waals surface area contributed by atoms with Crippen molar-refractivity contribution in [2.24, 2.45) is 11.8 Å². The highest BCUT2D eigenvalue weighted by atomic mass is 16.2. The minimum atomic E-state index is 0.0896. The quantitative estimate of drug-likeness (QED) is 0.837. The zero-order valence-electron chi connectivity index (χ0n) is 16.1. The molecule has 3 heterocycles. The van der Waals surface area contributed by atoms with Gasteiger partial charge in [-0.1, -0.05) is 25.1 Å². The average Bonchev–Trinajstić information content (AvgIpc) is 3.10. The number of piperidine rings is 2. The number of fused-ring (bicyclic) bond motifs is 1. The molecule has 1 atom stereocenters. The summed E-state index contributed by atoms with van der Waals surface area (Å²) in [6.45, 7) is 5.79. The molecule has 0 aliphatic carbocycles. The van der Waals surface area contributed by atoms with Gasteiger partial charge in [0.1, 0.15) is 6.54 Å². The minimum absolute atomic E-state index is 0.0896. The molecule has 0 radical (unpaired) electrons. The minimum Gasteiger partial charge on any atom is -0.342 e. The largest absolute Gasteiger partial charge is 0.342 e. The summed E-state index contributed by atoms with van der Waals surface area (Å²) in [5.41, 5.74) is 1.09. The fraction of sp³-hybridized carbons (Fsp3) is 0.545. The highest BCUT2D eigenvalue weighted by Crippen LogP contribution is 2.24. The van der Waals surface area contributed by atoms with Crippen LogP contribution in [0.4, 0.5) is 0 Å². The van der Waals surface area contributed by atoms with Gasteiger partial charge in [-0.25, -0.2) is 0 Å². The summed E-state index contributed by atoms with van der Waals surface area (Å²) in [5, 5.41) is 1.16. The van der Waals surface area contributed by atoms with E-state index in [4.69, 9.17) is 0 Å². The summed E-state index contributed by atoms with van der Waals surface area (Å²) >= 11 is 0. The van der Waals surface area contributed by atoms with Crippen molar-refractivity contribution >= 4 is 22.7 Å². The molecule has 1 aromatic heterocycles. The molecule has 2 saturated heterocycles. The van der Waals surface area contributed by atoms with Gasteiger partial charge in [0.05, 0.1) is 0 Å². The highest BCUT2D eigenvalue weighted by molar-refractivity contribution is 5.84. The standard InChI is InChI=1S/C22H29N3O2/c1-17-5-4-11-25(15-17)22(27)19-9-12-23(13-10-19)21(26)16-24-14-8-18-6-2-3-7-20(18)24/h2-3,6-8,14,17,19H,4-5,9-13,15-16H2,1H3/t17-/m0/s1. The van der Waals surface area contributed by atoms with E-state index in [0.29, 0.717) is 31.5 Å². The average molecular weight is 367 g/mol. The fourth-order valence-electron chi connectivity index (χ4n) is 4.55. The SMILES string of the molecule is C[C@H]1CCCN(C(=O)C2CCN(C(=O)Cn3ccc4ccccc43)CC2)C1. The first-order valence-corrected chi connectivity index (χ1v) is 10.2. The van der Waals surface area contributed by atoms with Crippen LogP contribution in [0.15, 0.2) is 36.5 Å². The van der Waals surface area contributed by atoms with Crippen LogP contribution in [0.5, 0.6) is 0 Å². The molecule has 2 fully saturated rings. The Balaban J connectivity index is 1.32. The molecule has 0 bridgehead atoms. The van der Waals surface area contributed by atoms with Gasteiger partial charge in [-0.2, -0.15) is 0 Å². The lowest BCUT2D eigenvalue weighted by Gasteiger charge is -2.37. The number of carbonyl (C=O) groups excluding carboxylic acids is 2. The second kappa shape index (κ2) is 7.75. The van der Waals surface area contributed by atoms with E-state index in [1.807, 2.05) is 39.9 Å². The van der Waals surface area contributed by atoms with E-state index in [-0.39, 0.29) is 11.8 Å². The number of rotatable bonds is 3. The maximum absolute atomic E-state index is 12.8. The molecule has 0 spiro atoms. The summed E-state index contributed by atoms with van der Waals surface area (Å²) in [7, 11) is 0. The van der Waals surface area contributed by atoms with Gasteiger partial charge in [-0.15, -0.1) is 0 Å². The maximum Gasteiger partial charge on any atom is 0.242 e. The molecule has 0 saturated carbocycles. The van der Waals surface area contributed by atoms with Gasteiger partial charge in [0.15, 0.2) is 0 Å². The normalized spacial score (nSPS) is 21.6. The molecule has 27 heavy (non-hydrogen) atoms. The van der Waals surface area contributed by atoms with Crippen LogP contribution in [-0.2, 0) is 16.1 Å². The number of hydrogen-bond donors (Lipinski definition) is 0. The predicted molar refractivity (Wildman–Crippen MR) is 106 cm³/mol. The highest BCUT2D eigenvalue weighted by Gasteiger charge is 2.31. The molecule has 2 amide bonds. The summed E-state index contributed by atoms with van der Waals surface area (Å²) in [5.74, 6) is 1.16. The van der Waals surface area contributed by atoms with Gasteiger partial charge in [-0.05, 0) is 49.1 Å². The third kappa shape index (κ3) is 3.87. The third-order valence-electron chi connectivity index (χ3n) is 6.15. The van der Waals surface area contributed by atoms with Crippen LogP contribution in [0, 0.1) is 11.8 Å². The van der Waals surface area contributed by atoms with E-state index >= 15 is 0 Å². The van der Waals surface area contributed by atoms with Crippen molar-refractivity contribution in [3.05, 3.63) is 36.5 Å². The Kier molecular flexibility index (Phi) is 5.19. The van der Waals surface area contributed by atoms with Crippen LogP contribution in [-0.4, -0.2) is 52.4 Å². The van der Waals surface area contributed by atoms with Crippen molar-refractivity contribution in [2.45, 2.75) is 39.2 Å². The van der Waals surface area contributed by atoms with Crippen LogP contribution in [0.25, 0.3) is 10.9 Å². The van der Waals surface area contributed by atoms with Crippen molar-refractivity contribution < 1.29 is 9.59 Å². The molecule has 5 nitrogen and oxygen atoms in total. The van der Waals surface area contributed by atoms with Gasteiger partial charge in [0.2, 0.25) is 11.8 Å². The zero-order valence-corrected chi connectivity index (χ0v) is 16.1. The van der Waals surface area contributed by atoms with Crippen molar-refractivity contribution in [3.8, 4) is 0 Å². The maximum atomic E-state index is 12.8. The van der Waals surface area contributed by atoms with Gasteiger partial charge in [0.25, 0.3) is 0 Å². The molecule has 144 valence electrons. The lowest BCUT2D eigenvalue weighted by atomic mass is 9.92. The smallest absolute Gasteiger partial charge is 0.242 e. The van der Waals surface area contributed by atoms with Crippen molar-refractivity contribution in [3.63, 3.8) is 0 Å². The van der Waals surface area contributed by atoms with Crippen LogP contribution in [0.3, 0.4) is 0 Å². The second-order valence-electron chi connectivity index (χ2n) is 8.19. The molecule has 2 aromatic rings. The Morgan fingerprint density at radius 1 is 1.00 bits per heavy atom. The lowest BCUT2D eigenvalue weighted by molar-refractivity contribution is -0.142. The van der Waals surface area contributed by atoms with Crippen molar-refractivity contribution in [1.29, 1.82) is 0 Å². The first kappa shape index (κ1) is 18.1. The number of aromatic nitrogens is 1. The molecular formula is C22H29N3O2. The Bertz CT molecular complexity index is 820. The van der Waals surface area contributed by atoms with E-state index in [1.54, 1.807) is 0 Å². The molecular weight excluding hydrogens is 338 g/mol. The number of carbonyl (C=O) groups is 2. The number of hydrogen-bond acceptors (Lipinski definition) is 2. The monoisotopic (exact) mass is 367 g/mol. The third-order valence-corrected chi connectivity index (χ3v) is 6.15. The van der Waals surface area contributed by atoms with Crippen LogP contribution >= 0.6 is 0 Å². The fourth-order valence-corrected chi connectivity index (χ4v) is 4.55. The van der Waals surface area contributed by atoms with Crippen molar-refractivity contribution in [2.75, 3.05) is 26.2 Å². The van der Waals surface area contributed by atoms with E-state index in [9.17, 15) is 9.59 Å². The van der Waals surface area contributed by atoms with E-state index in [1.165, 1.54) is 6.42 Å².